The minimum atomic E-state index is -0.194. The number of carbonyl (C=O) groups is 2. The van der Waals surface area contributed by atoms with E-state index in [1.54, 1.807) is 18.2 Å². The number of benzene rings is 3. The van der Waals surface area contributed by atoms with Crippen molar-refractivity contribution in [3.8, 4) is 0 Å². The highest BCUT2D eigenvalue weighted by molar-refractivity contribution is 6.06. The zero-order valence-corrected chi connectivity index (χ0v) is 18.4. The molecule has 3 aromatic carbocycles. The molecule has 0 spiro atoms. The van der Waals surface area contributed by atoms with Gasteiger partial charge in [-0.2, -0.15) is 0 Å². The van der Waals surface area contributed by atoms with E-state index in [-0.39, 0.29) is 17.9 Å². The maximum Gasteiger partial charge on any atom is 0.255 e. The Balaban J connectivity index is 1.60. The Hall–Kier alpha value is -3.60. The molecule has 0 saturated carbocycles. The molecule has 0 radical (unpaired) electrons. The van der Waals surface area contributed by atoms with Crippen molar-refractivity contribution in [3.63, 3.8) is 0 Å². The van der Waals surface area contributed by atoms with E-state index >= 15 is 0 Å². The number of nitrogens with one attached hydrogen (secondary N) is 2. The summed E-state index contributed by atoms with van der Waals surface area (Å²) in [4.78, 5) is 28.2. The molecule has 0 bridgehead atoms. The van der Waals surface area contributed by atoms with Gasteiger partial charge in [0.15, 0.2) is 0 Å². The molecule has 5 nitrogen and oxygen atoms in total. The van der Waals surface area contributed by atoms with E-state index in [1.807, 2.05) is 67.6 Å². The van der Waals surface area contributed by atoms with Gasteiger partial charge in [0.25, 0.3) is 11.8 Å². The van der Waals surface area contributed by atoms with Crippen molar-refractivity contribution in [3.05, 3.63) is 95.6 Å². The van der Waals surface area contributed by atoms with Crippen molar-refractivity contribution in [1.29, 1.82) is 0 Å². The molecule has 0 unspecified atom stereocenters. The van der Waals surface area contributed by atoms with Gasteiger partial charge in [-0.15, -0.1) is 0 Å². The van der Waals surface area contributed by atoms with Crippen LogP contribution < -0.4 is 15.5 Å². The van der Waals surface area contributed by atoms with E-state index in [2.05, 4.69) is 15.5 Å². The van der Waals surface area contributed by atoms with Crippen molar-refractivity contribution in [2.45, 2.75) is 32.2 Å². The zero-order valence-electron chi connectivity index (χ0n) is 18.4. The van der Waals surface area contributed by atoms with Gasteiger partial charge < -0.3 is 15.5 Å². The third-order valence-corrected chi connectivity index (χ3v) is 5.88. The quantitative estimate of drug-likeness (QED) is 0.552. The first-order valence-corrected chi connectivity index (χ1v) is 11.2. The van der Waals surface area contributed by atoms with Crippen molar-refractivity contribution in [2.24, 2.45) is 0 Å². The molecule has 1 saturated heterocycles. The van der Waals surface area contributed by atoms with Crippen molar-refractivity contribution >= 4 is 23.2 Å². The first kappa shape index (κ1) is 21.6. The van der Waals surface area contributed by atoms with Gasteiger partial charge in [0.2, 0.25) is 0 Å². The summed E-state index contributed by atoms with van der Waals surface area (Å²) in [5.41, 5.74) is 3.74. The molecule has 1 aliphatic heterocycles. The summed E-state index contributed by atoms with van der Waals surface area (Å²) in [6.45, 7) is 3.85. The molecule has 1 atom stereocenters. The number of rotatable bonds is 6. The zero-order chi connectivity index (χ0) is 22.3. The molecule has 1 heterocycles. The lowest BCUT2D eigenvalue weighted by Gasteiger charge is -2.31. The molecule has 4 rings (SSSR count). The van der Waals surface area contributed by atoms with Gasteiger partial charge >= 0.3 is 0 Å². The summed E-state index contributed by atoms with van der Waals surface area (Å²) in [6, 6.07) is 24.5. The number of piperidine rings is 1. The average Bonchev–Trinajstić information content (AvgIpc) is 2.85. The highest BCUT2D eigenvalue weighted by Crippen LogP contribution is 2.28. The Kier molecular flexibility index (Phi) is 6.85. The molecular formula is C27H29N3O2. The number of hydrogen-bond donors (Lipinski definition) is 2. The van der Waals surface area contributed by atoms with Gasteiger partial charge in [0.1, 0.15) is 0 Å². The Morgan fingerprint density at radius 3 is 2.16 bits per heavy atom. The molecule has 5 heteroatoms. The van der Waals surface area contributed by atoms with Crippen LogP contribution in [0.2, 0.25) is 0 Å². The lowest BCUT2D eigenvalue weighted by Crippen LogP contribution is -2.33. The lowest BCUT2D eigenvalue weighted by atomic mass is 10.0. The third-order valence-electron chi connectivity index (χ3n) is 5.88. The SMILES string of the molecule is C[C@@H](NC(=O)c1cc(NC(=O)c2ccccc2)ccc1N1CCCCC1)c1ccccc1. The monoisotopic (exact) mass is 427 g/mol. The average molecular weight is 428 g/mol. The molecular weight excluding hydrogens is 398 g/mol. The normalized spacial score (nSPS) is 14.5. The minimum Gasteiger partial charge on any atom is -0.371 e. The standard InChI is InChI=1S/C27H29N3O2/c1-20(21-11-5-2-6-12-21)28-27(32)24-19-23(29-26(31)22-13-7-3-8-14-22)15-16-25(24)30-17-9-4-10-18-30/h2-3,5-8,11-16,19-20H,4,9-10,17-18H2,1H3,(H,28,32)(H,29,31)/t20-/m1/s1. The number of hydrogen-bond acceptors (Lipinski definition) is 3. The van der Waals surface area contributed by atoms with E-state index in [0.717, 1.165) is 37.2 Å². The Bertz CT molecular complexity index is 1060. The predicted molar refractivity (Wildman–Crippen MR) is 129 cm³/mol. The fourth-order valence-corrected chi connectivity index (χ4v) is 4.10. The topological polar surface area (TPSA) is 61.4 Å². The van der Waals surface area contributed by atoms with Crippen LogP contribution in [0.15, 0.2) is 78.9 Å². The van der Waals surface area contributed by atoms with Gasteiger partial charge in [-0.25, -0.2) is 0 Å². The number of carbonyl (C=O) groups excluding carboxylic acids is 2. The minimum absolute atomic E-state index is 0.125. The van der Waals surface area contributed by atoms with Crippen LogP contribution in [0.25, 0.3) is 0 Å². The fourth-order valence-electron chi connectivity index (χ4n) is 4.10. The van der Waals surface area contributed by atoms with Gasteiger partial charge in [-0.05, 0) is 62.1 Å². The Morgan fingerprint density at radius 1 is 0.812 bits per heavy atom. The van der Waals surface area contributed by atoms with Gasteiger partial charge in [0, 0.05) is 30.0 Å². The molecule has 164 valence electrons. The summed E-state index contributed by atoms with van der Waals surface area (Å²) in [7, 11) is 0. The molecule has 2 N–H and O–H groups in total. The molecule has 0 aromatic heterocycles. The molecule has 0 aliphatic carbocycles. The summed E-state index contributed by atoms with van der Waals surface area (Å²) in [6.07, 6.45) is 3.45. The van der Waals surface area contributed by atoms with Crippen LogP contribution in [0.4, 0.5) is 11.4 Å². The van der Waals surface area contributed by atoms with Crippen LogP contribution in [0, 0.1) is 0 Å². The summed E-state index contributed by atoms with van der Waals surface area (Å²) >= 11 is 0. The smallest absolute Gasteiger partial charge is 0.255 e. The first-order valence-electron chi connectivity index (χ1n) is 11.2. The maximum atomic E-state index is 13.3. The Morgan fingerprint density at radius 2 is 1.47 bits per heavy atom. The molecule has 1 fully saturated rings. The van der Waals surface area contributed by atoms with E-state index in [4.69, 9.17) is 0 Å². The second-order valence-corrected chi connectivity index (χ2v) is 8.21. The van der Waals surface area contributed by atoms with E-state index in [9.17, 15) is 9.59 Å². The molecule has 3 aromatic rings. The number of anilines is 2. The summed E-state index contributed by atoms with van der Waals surface area (Å²) in [5, 5.41) is 6.06. The fraction of sp³-hybridized carbons (Fsp3) is 0.259. The van der Waals surface area contributed by atoms with Crippen LogP contribution >= 0.6 is 0 Å². The molecule has 32 heavy (non-hydrogen) atoms. The van der Waals surface area contributed by atoms with Gasteiger partial charge in [0.05, 0.1) is 11.6 Å². The second kappa shape index (κ2) is 10.1. The molecule has 2 amide bonds. The van der Waals surface area contributed by atoms with E-state index < -0.39 is 0 Å². The highest BCUT2D eigenvalue weighted by atomic mass is 16.2. The van der Waals surface area contributed by atoms with Crippen LogP contribution in [-0.2, 0) is 0 Å². The lowest BCUT2D eigenvalue weighted by molar-refractivity contribution is 0.0939. The highest BCUT2D eigenvalue weighted by Gasteiger charge is 2.21. The van der Waals surface area contributed by atoms with E-state index in [0.29, 0.717) is 16.8 Å². The van der Waals surface area contributed by atoms with Crippen LogP contribution in [0.5, 0.6) is 0 Å². The van der Waals surface area contributed by atoms with Crippen molar-refractivity contribution in [2.75, 3.05) is 23.3 Å². The predicted octanol–water partition coefficient (Wildman–Crippen LogP) is 5.42. The van der Waals surface area contributed by atoms with Crippen LogP contribution in [-0.4, -0.2) is 24.9 Å². The Labute approximate surface area is 189 Å². The van der Waals surface area contributed by atoms with Crippen LogP contribution in [0.3, 0.4) is 0 Å². The van der Waals surface area contributed by atoms with Crippen molar-refractivity contribution < 1.29 is 9.59 Å². The molecule has 1 aliphatic rings. The largest absolute Gasteiger partial charge is 0.371 e. The van der Waals surface area contributed by atoms with Crippen molar-refractivity contribution in [1.82, 2.24) is 5.32 Å². The van der Waals surface area contributed by atoms with Crippen LogP contribution in [0.1, 0.15) is 58.5 Å². The van der Waals surface area contributed by atoms with E-state index in [1.165, 1.54) is 6.42 Å². The van der Waals surface area contributed by atoms with Gasteiger partial charge in [-0.3, -0.25) is 9.59 Å². The summed E-state index contributed by atoms with van der Waals surface area (Å²) in [5.74, 6) is -0.335. The second-order valence-electron chi connectivity index (χ2n) is 8.21. The first-order chi connectivity index (χ1) is 15.6. The van der Waals surface area contributed by atoms with Gasteiger partial charge in [-0.1, -0.05) is 48.5 Å². The summed E-state index contributed by atoms with van der Waals surface area (Å²) < 4.78 is 0. The third kappa shape index (κ3) is 5.17. The number of nitrogens with zero attached hydrogens (tertiary/aromatic N) is 1. The number of amides is 2. The maximum absolute atomic E-state index is 13.3.